The Hall–Kier alpha value is -0.850. The minimum Gasteiger partial charge on any atom is -0.367 e. The van der Waals surface area contributed by atoms with Gasteiger partial charge in [-0.05, 0) is 19.9 Å². The minimum atomic E-state index is 0.0346. The van der Waals surface area contributed by atoms with Gasteiger partial charge in [0.15, 0.2) is 0 Å². The topological polar surface area (TPSA) is 29.6 Å². The average Bonchev–Trinajstić information content (AvgIpc) is 2.63. The normalized spacial score (nSPS) is 21.2. The molecule has 0 N–H and O–H groups in total. The second kappa shape index (κ2) is 2.82. The van der Waals surface area contributed by atoms with E-state index in [0.29, 0.717) is 12.2 Å². The van der Waals surface area contributed by atoms with Crippen molar-refractivity contribution in [3.05, 3.63) is 17.2 Å². The van der Waals surface area contributed by atoms with E-state index < -0.39 is 0 Å². The van der Waals surface area contributed by atoms with Gasteiger partial charge in [0, 0.05) is 0 Å². The first kappa shape index (κ1) is 7.26. The first-order valence-electron chi connectivity index (χ1n) is 3.25. The Morgan fingerprint density at radius 3 is 2.60 bits per heavy atom. The van der Waals surface area contributed by atoms with Crippen molar-refractivity contribution in [2.24, 2.45) is 0 Å². The lowest BCUT2D eigenvalue weighted by molar-refractivity contribution is 0.434. The number of ether oxygens (including phenoxy) is 1. The molecular weight excluding hydrogens is 128 g/mol. The highest BCUT2D eigenvalue weighted by molar-refractivity contribution is 5.60. The van der Waals surface area contributed by atoms with Crippen LogP contribution >= 0.6 is 0 Å². The molecule has 1 heterocycles. The van der Waals surface area contributed by atoms with Crippen LogP contribution in [0.3, 0.4) is 0 Å². The monoisotopic (exact) mass is 138 g/mol. The summed E-state index contributed by atoms with van der Waals surface area (Å²) in [5.41, 5.74) is 1.74. The van der Waals surface area contributed by atoms with Crippen molar-refractivity contribution in [2.75, 3.05) is 6.61 Å². The number of epoxide rings is 1. The van der Waals surface area contributed by atoms with Crippen molar-refractivity contribution in [1.29, 1.82) is 0 Å². The molecule has 1 aliphatic heterocycles. The van der Waals surface area contributed by atoms with E-state index in [1.807, 2.05) is 25.9 Å². The third-order valence-corrected chi connectivity index (χ3v) is 1.24. The summed E-state index contributed by atoms with van der Waals surface area (Å²) in [6.45, 7) is 4.56. The van der Waals surface area contributed by atoms with Crippen LogP contribution in [0.1, 0.15) is 13.8 Å². The van der Waals surface area contributed by atoms with Crippen molar-refractivity contribution < 1.29 is 9.53 Å². The molecule has 1 saturated heterocycles. The van der Waals surface area contributed by atoms with Gasteiger partial charge in [0.05, 0.1) is 12.2 Å². The summed E-state index contributed by atoms with van der Waals surface area (Å²) in [5.74, 6) is 1.86. The summed E-state index contributed by atoms with van der Waals surface area (Å²) in [6.07, 6.45) is 1.84. The van der Waals surface area contributed by atoms with Gasteiger partial charge in [-0.25, -0.2) is 4.79 Å². The fourth-order valence-corrected chi connectivity index (χ4v) is 0.727. The van der Waals surface area contributed by atoms with Crippen LogP contribution in [-0.4, -0.2) is 18.7 Å². The summed E-state index contributed by atoms with van der Waals surface area (Å²) in [4.78, 5) is 10.2. The minimum absolute atomic E-state index is 0.0346. The maximum absolute atomic E-state index is 10.2. The third-order valence-electron chi connectivity index (χ3n) is 1.24. The van der Waals surface area contributed by atoms with E-state index in [4.69, 9.17) is 4.74 Å². The smallest absolute Gasteiger partial charge is 0.130 e. The molecule has 0 aromatic carbocycles. The Labute approximate surface area is 60.2 Å². The predicted molar refractivity (Wildman–Crippen MR) is 38.4 cm³/mol. The van der Waals surface area contributed by atoms with Gasteiger partial charge in [0.2, 0.25) is 0 Å². The molecule has 1 aliphatic rings. The van der Waals surface area contributed by atoms with E-state index in [0.717, 1.165) is 5.57 Å². The van der Waals surface area contributed by atoms with Gasteiger partial charge in [0.1, 0.15) is 12.0 Å². The van der Waals surface area contributed by atoms with E-state index in [-0.39, 0.29) is 6.10 Å². The average molecular weight is 138 g/mol. The second-order valence-corrected chi connectivity index (χ2v) is 2.60. The fourth-order valence-electron chi connectivity index (χ4n) is 0.727. The van der Waals surface area contributed by atoms with E-state index in [1.54, 1.807) is 0 Å². The molecule has 0 aromatic heterocycles. The Balaban J connectivity index is 2.67. The molecule has 0 saturated carbocycles. The van der Waals surface area contributed by atoms with E-state index in [9.17, 15) is 4.79 Å². The van der Waals surface area contributed by atoms with Crippen molar-refractivity contribution in [2.45, 2.75) is 20.0 Å². The van der Waals surface area contributed by atoms with Gasteiger partial charge in [-0.1, -0.05) is 5.57 Å². The van der Waals surface area contributed by atoms with E-state index in [2.05, 4.69) is 0 Å². The molecule has 2 nitrogen and oxygen atoms in total. The molecule has 10 heavy (non-hydrogen) atoms. The largest absolute Gasteiger partial charge is 0.367 e. The van der Waals surface area contributed by atoms with Crippen LogP contribution in [0.15, 0.2) is 17.2 Å². The van der Waals surface area contributed by atoms with Crippen LogP contribution < -0.4 is 0 Å². The zero-order valence-electron chi connectivity index (χ0n) is 6.18. The summed E-state index contributed by atoms with van der Waals surface area (Å²) in [6, 6.07) is 0. The molecule has 0 aliphatic carbocycles. The van der Waals surface area contributed by atoms with Crippen LogP contribution in [0.5, 0.6) is 0 Å². The molecule has 0 aromatic rings. The zero-order valence-corrected chi connectivity index (χ0v) is 6.18. The van der Waals surface area contributed by atoms with Crippen molar-refractivity contribution >= 4 is 5.94 Å². The molecule has 0 spiro atoms. The van der Waals surface area contributed by atoms with Gasteiger partial charge < -0.3 is 4.74 Å². The van der Waals surface area contributed by atoms with Crippen LogP contribution in [0, 0.1) is 0 Å². The van der Waals surface area contributed by atoms with E-state index in [1.165, 1.54) is 0 Å². The predicted octanol–water partition coefficient (Wildman–Crippen LogP) is 1.11. The standard InChI is InChI=1S/C8H10O2/c1-6(2)3-7(4-9)8-5-10-8/h3,8H,5H2,1-2H3. The van der Waals surface area contributed by atoms with Gasteiger partial charge >= 0.3 is 0 Å². The quantitative estimate of drug-likeness (QED) is 0.325. The fraction of sp³-hybridized carbons (Fsp3) is 0.500. The molecule has 1 atom stereocenters. The second-order valence-electron chi connectivity index (χ2n) is 2.60. The van der Waals surface area contributed by atoms with Gasteiger partial charge in [-0.2, -0.15) is 0 Å². The highest BCUT2D eigenvalue weighted by Gasteiger charge is 2.26. The van der Waals surface area contributed by atoms with Crippen LogP contribution in [0.2, 0.25) is 0 Å². The Morgan fingerprint density at radius 2 is 2.30 bits per heavy atom. The van der Waals surface area contributed by atoms with Gasteiger partial charge in [-0.3, -0.25) is 0 Å². The summed E-state index contributed by atoms with van der Waals surface area (Å²) >= 11 is 0. The lowest BCUT2D eigenvalue weighted by Gasteiger charge is -1.89. The van der Waals surface area contributed by atoms with Gasteiger partial charge in [0.25, 0.3) is 0 Å². The number of rotatable bonds is 2. The molecule has 0 bridgehead atoms. The Bertz CT molecular complexity index is 201. The van der Waals surface area contributed by atoms with Crippen molar-refractivity contribution in [3.63, 3.8) is 0 Å². The van der Waals surface area contributed by atoms with Crippen LogP contribution in [0.4, 0.5) is 0 Å². The Morgan fingerprint density at radius 1 is 1.70 bits per heavy atom. The highest BCUT2D eigenvalue weighted by Crippen LogP contribution is 2.18. The van der Waals surface area contributed by atoms with Crippen molar-refractivity contribution in [3.8, 4) is 0 Å². The first-order chi connectivity index (χ1) is 4.74. The molecule has 1 rings (SSSR count). The molecular formula is C8H10O2. The number of allylic oxidation sites excluding steroid dienone is 1. The zero-order chi connectivity index (χ0) is 7.56. The van der Waals surface area contributed by atoms with Crippen LogP contribution in [-0.2, 0) is 9.53 Å². The summed E-state index contributed by atoms with van der Waals surface area (Å²) in [7, 11) is 0. The molecule has 54 valence electrons. The van der Waals surface area contributed by atoms with E-state index >= 15 is 0 Å². The summed E-state index contributed by atoms with van der Waals surface area (Å²) in [5, 5.41) is 0. The van der Waals surface area contributed by atoms with Crippen molar-refractivity contribution in [1.82, 2.24) is 0 Å². The van der Waals surface area contributed by atoms with Gasteiger partial charge in [-0.15, -0.1) is 0 Å². The molecule has 0 radical (unpaired) electrons. The third kappa shape index (κ3) is 1.83. The Kier molecular flexibility index (Phi) is 2.05. The number of hydrogen-bond donors (Lipinski definition) is 0. The lowest BCUT2D eigenvalue weighted by Crippen LogP contribution is -1.89. The maximum Gasteiger partial charge on any atom is 0.130 e. The number of carbonyl (C=O) groups excluding carboxylic acids is 1. The molecule has 1 fully saturated rings. The number of hydrogen-bond acceptors (Lipinski definition) is 2. The molecule has 0 amide bonds. The SMILES string of the molecule is CC(C)=CC(=C=O)C1CO1. The first-order valence-corrected chi connectivity index (χ1v) is 3.25. The molecule has 2 heteroatoms. The lowest BCUT2D eigenvalue weighted by atomic mass is 10.1. The summed E-state index contributed by atoms with van der Waals surface area (Å²) < 4.78 is 4.92. The van der Waals surface area contributed by atoms with Crippen LogP contribution in [0.25, 0.3) is 0 Å². The molecule has 1 unspecified atom stereocenters. The highest BCUT2D eigenvalue weighted by atomic mass is 16.6. The maximum atomic E-state index is 10.2.